The molecular weight excluding hydrogens is 334 g/mol. The molecule has 8 nitrogen and oxygen atoms in total. The number of non-ortho nitro benzene ring substituents is 1. The van der Waals surface area contributed by atoms with E-state index >= 15 is 0 Å². The third kappa shape index (κ3) is 3.49. The van der Waals surface area contributed by atoms with E-state index in [1.807, 2.05) is 19.2 Å². The van der Waals surface area contributed by atoms with E-state index in [-0.39, 0.29) is 17.4 Å². The summed E-state index contributed by atoms with van der Waals surface area (Å²) in [4.78, 5) is 25.0. The Bertz CT molecular complexity index is 949. The van der Waals surface area contributed by atoms with Crippen LogP contribution in [0, 0.1) is 10.1 Å². The highest BCUT2D eigenvalue weighted by molar-refractivity contribution is 6.08. The van der Waals surface area contributed by atoms with Gasteiger partial charge in [-0.25, -0.2) is 0 Å². The number of benzene rings is 2. The number of nitro groups is 1. The second-order valence-corrected chi connectivity index (χ2v) is 5.98. The number of carbonyl (C=O) groups is 1. The van der Waals surface area contributed by atoms with E-state index in [1.54, 1.807) is 18.2 Å². The SMILES string of the molecule is CCCN(C)c1ccc(C(=O)Nc2n[nH]c3ccc([N+](=O)[O-])cc23)cc1. The highest BCUT2D eigenvalue weighted by Gasteiger charge is 2.15. The first-order valence-electron chi connectivity index (χ1n) is 8.24. The Labute approximate surface area is 150 Å². The minimum atomic E-state index is -0.483. The lowest BCUT2D eigenvalue weighted by molar-refractivity contribution is -0.384. The minimum Gasteiger partial charge on any atom is -0.375 e. The summed E-state index contributed by atoms with van der Waals surface area (Å²) >= 11 is 0. The van der Waals surface area contributed by atoms with Gasteiger partial charge in [-0.3, -0.25) is 20.0 Å². The predicted molar refractivity (Wildman–Crippen MR) is 101 cm³/mol. The van der Waals surface area contributed by atoms with Gasteiger partial charge in [0.1, 0.15) is 0 Å². The van der Waals surface area contributed by atoms with Crippen molar-refractivity contribution in [2.75, 3.05) is 23.8 Å². The Hall–Kier alpha value is -3.42. The fourth-order valence-electron chi connectivity index (χ4n) is 2.72. The molecule has 0 saturated carbocycles. The maximum absolute atomic E-state index is 12.5. The molecule has 0 bridgehead atoms. The van der Waals surface area contributed by atoms with Crippen LogP contribution in [-0.4, -0.2) is 34.6 Å². The van der Waals surface area contributed by atoms with Crippen molar-refractivity contribution in [3.8, 4) is 0 Å². The molecule has 2 N–H and O–H groups in total. The molecular formula is C18H19N5O3. The van der Waals surface area contributed by atoms with E-state index in [0.29, 0.717) is 16.5 Å². The topological polar surface area (TPSA) is 104 Å². The molecule has 1 amide bonds. The molecule has 3 aromatic rings. The summed E-state index contributed by atoms with van der Waals surface area (Å²) in [6, 6.07) is 11.6. The van der Waals surface area contributed by atoms with Gasteiger partial charge < -0.3 is 10.2 Å². The zero-order valence-electron chi connectivity index (χ0n) is 14.5. The number of H-pyrrole nitrogens is 1. The number of hydrogen-bond donors (Lipinski definition) is 2. The van der Waals surface area contributed by atoms with Gasteiger partial charge in [-0.1, -0.05) is 6.92 Å². The second-order valence-electron chi connectivity index (χ2n) is 5.98. The van der Waals surface area contributed by atoms with Crippen LogP contribution >= 0.6 is 0 Å². The number of hydrogen-bond acceptors (Lipinski definition) is 5. The lowest BCUT2D eigenvalue weighted by Gasteiger charge is -2.18. The van der Waals surface area contributed by atoms with Gasteiger partial charge in [-0.2, -0.15) is 5.10 Å². The van der Waals surface area contributed by atoms with Crippen LogP contribution in [0.4, 0.5) is 17.2 Å². The average Bonchev–Trinajstić information content (AvgIpc) is 3.04. The minimum absolute atomic E-state index is 0.0577. The lowest BCUT2D eigenvalue weighted by Crippen LogP contribution is -2.18. The molecule has 0 fully saturated rings. The molecule has 3 rings (SSSR count). The number of aromatic nitrogens is 2. The van der Waals surface area contributed by atoms with Gasteiger partial charge in [0.2, 0.25) is 0 Å². The maximum Gasteiger partial charge on any atom is 0.270 e. The molecule has 1 heterocycles. The van der Waals surface area contributed by atoms with E-state index in [1.165, 1.54) is 12.1 Å². The molecule has 0 aliphatic heterocycles. The number of amides is 1. The van der Waals surface area contributed by atoms with Gasteiger partial charge in [0.25, 0.3) is 11.6 Å². The smallest absolute Gasteiger partial charge is 0.270 e. The van der Waals surface area contributed by atoms with Crippen LogP contribution in [-0.2, 0) is 0 Å². The van der Waals surface area contributed by atoms with Gasteiger partial charge in [-0.05, 0) is 36.8 Å². The number of aromatic amines is 1. The molecule has 0 atom stereocenters. The molecule has 0 unspecified atom stereocenters. The number of fused-ring (bicyclic) bond motifs is 1. The zero-order valence-corrected chi connectivity index (χ0v) is 14.5. The lowest BCUT2D eigenvalue weighted by atomic mass is 10.1. The number of anilines is 2. The largest absolute Gasteiger partial charge is 0.375 e. The summed E-state index contributed by atoms with van der Waals surface area (Å²) in [5.41, 5.74) is 2.07. The molecule has 1 aromatic heterocycles. The van der Waals surface area contributed by atoms with Crippen molar-refractivity contribution in [2.24, 2.45) is 0 Å². The number of nitrogens with one attached hydrogen (secondary N) is 2. The highest BCUT2D eigenvalue weighted by atomic mass is 16.6. The number of rotatable bonds is 6. The first kappa shape index (κ1) is 17.4. The first-order chi connectivity index (χ1) is 12.5. The van der Waals surface area contributed by atoms with E-state index < -0.39 is 4.92 Å². The molecule has 0 radical (unpaired) electrons. The molecule has 2 aromatic carbocycles. The predicted octanol–water partition coefficient (Wildman–Crippen LogP) is 3.57. The number of carbonyl (C=O) groups excluding carboxylic acids is 1. The normalized spacial score (nSPS) is 10.7. The summed E-state index contributed by atoms with van der Waals surface area (Å²) in [5, 5.41) is 20.9. The molecule has 26 heavy (non-hydrogen) atoms. The number of nitrogens with zero attached hydrogens (tertiary/aromatic N) is 3. The van der Waals surface area contributed by atoms with Gasteiger partial charge in [0, 0.05) is 37.0 Å². The van der Waals surface area contributed by atoms with Gasteiger partial charge >= 0.3 is 0 Å². The quantitative estimate of drug-likeness (QED) is 0.521. The Morgan fingerprint density at radius 3 is 2.65 bits per heavy atom. The van der Waals surface area contributed by atoms with Gasteiger partial charge in [-0.15, -0.1) is 0 Å². The zero-order chi connectivity index (χ0) is 18.7. The Morgan fingerprint density at radius 2 is 2.00 bits per heavy atom. The van der Waals surface area contributed by atoms with Crippen LogP contribution in [0.5, 0.6) is 0 Å². The highest BCUT2D eigenvalue weighted by Crippen LogP contribution is 2.25. The van der Waals surface area contributed by atoms with E-state index in [4.69, 9.17) is 0 Å². The Balaban J connectivity index is 1.80. The van der Waals surface area contributed by atoms with Gasteiger partial charge in [0.15, 0.2) is 5.82 Å². The van der Waals surface area contributed by atoms with Crippen molar-refractivity contribution in [3.63, 3.8) is 0 Å². The molecule has 0 aliphatic rings. The van der Waals surface area contributed by atoms with Crippen molar-refractivity contribution >= 4 is 34.0 Å². The third-order valence-corrected chi connectivity index (χ3v) is 4.12. The van der Waals surface area contributed by atoms with E-state index in [0.717, 1.165) is 18.7 Å². The summed E-state index contributed by atoms with van der Waals surface area (Å²) in [7, 11) is 2.00. The summed E-state index contributed by atoms with van der Waals surface area (Å²) in [6.07, 6.45) is 1.04. The fraction of sp³-hybridized carbons (Fsp3) is 0.222. The Morgan fingerprint density at radius 1 is 1.27 bits per heavy atom. The summed E-state index contributed by atoms with van der Waals surface area (Å²) in [5.74, 6) is -0.0597. The van der Waals surface area contributed by atoms with Crippen molar-refractivity contribution < 1.29 is 9.72 Å². The van der Waals surface area contributed by atoms with Gasteiger partial charge in [0.05, 0.1) is 15.8 Å². The molecule has 0 spiro atoms. The van der Waals surface area contributed by atoms with E-state index in [9.17, 15) is 14.9 Å². The standard InChI is InChI=1S/C18H19N5O3/c1-3-10-22(2)13-6-4-12(5-7-13)18(24)19-17-15-11-14(23(25)26)8-9-16(15)20-21-17/h4-9,11H,3,10H2,1-2H3,(H2,19,20,21,24). The van der Waals surface area contributed by atoms with Crippen LogP contribution in [0.25, 0.3) is 10.9 Å². The third-order valence-electron chi connectivity index (χ3n) is 4.12. The first-order valence-corrected chi connectivity index (χ1v) is 8.24. The summed E-state index contributed by atoms with van der Waals surface area (Å²) in [6.45, 7) is 3.04. The Kier molecular flexibility index (Phi) is 4.83. The fourth-order valence-corrected chi connectivity index (χ4v) is 2.72. The van der Waals surface area contributed by atoms with E-state index in [2.05, 4.69) is 27.3 Å². The second kappa shape index (κ2) is 7.22. The van der Waals surface area contributed by atoms with Crippen molar-refractivity contribution in [1.29, 1.82) is 0 Å². The maximum atomic E-state index is 12.5. The van der Waals surface area contributed by atoms with Crippen LogP contribution in [0.2, 0.25) is 0 Å². The van der Waals surface area contributed by atoms with Crippen molar-refractivity contribution in [2.45, 2.75) is 13.3 Å². The molecule has 134 valence electrons. The molecule has 8 heteroatoms. The van der Waals surface area contributed by atoms with Crippen molar-refractivity contribution in [3.05, 3.63) is 58.1 Å². The molecule has 0 saturated heterocycles. The van der Waals surface area contributed by atoms with Crippen LogP contribution in [0.1, 0.15) is 23.7 Å². The number of nitro benzene ring substituents is 1. The average molecular weight is 353 g/mol. The van der Waals surface area contributed by atoms with Crippen LogP contribution in [0.15, 0.2) is 42.5 Å². The van der Waals surface area contributed by atoms with Crippen LogP contribution in [0.3, 0.4) is 0 Å². The monoisotopic (exact) mass is 353 g/mol. The van der Waals surface area contributed by atoms with Crippen molar-refractivity contribution in [1.82, 2.24) is 10.2 Å². The van der Waals surface area contributed by atoms with Crippen LogP contribution < -0.4 is 10.2 Å². The summed E-state index contributed by atoms with van der Waals surface area (Å²) < 4.78 is 0. The molecule has 0 aliphatic carbocycles.